The zero-order chi connectivity index (χ0) is 17.6. The van der Waals surface area contributed by atoms with Crippen molar-refractivity contribution in [1.29, 1.82) is 0 Å². The van der Waals surface area contributed by atoms with Gasteiger partial charge in [0.2, 0.25) is 5.91 Å². The molecule has 0 aliphatic heterocycles. The fourth-order valence-corrected chi connectivity index (χ4v) is 3.56. The lowest BCUT2D eigenvalue weighted by atomic mass is 9.97. The molecule has 3 rings (SSSR count). The average Bonchev–Trinajstić information content (AvgIpc) is 2.89. The largest absolute Gasteiger partial charge is 0.354 e. The number of hydrogen-bond acceptors (Lipinski definition) is 2. The van der Waals surface area contributed by atoms with Crippen molar-refractivity contribution in [2.75, 3.05) is 6.54 Å². The lowest BCUT2D eigenvalue weighted by Crippen LogP contribution is -2.33. The number of fused-ring (bicyclic) bond motifs is 1. The van der Waals surface area contributed by atoms with E-state index in [9.17, 15) is 9.59 Å². The van der Waals surface area contributed by atoms with Crippen LogP contribution in [-0.2, 0) is 17.9 Å². The lowest BCUT2D eigenvalue weighted by molar-refractivity contribution is -0.121. The summed E-state index contributed by atoms with van der Waals surface area (Å²) in [5.41, 5.74) is 3.07. The molecule has 1 heterocycles. The fourth-order valence-electron chi connectivity index (χ4n) is 3.56. The second-order valence-corrected chi connectivity index (χ2v) is 6.72. The van der Waals surface area contributed by atoms with Gasteiger partial charge in [0.1, 0.15) is 6.54 Å². The van der Waals surface area contributed by atoms with Gasteiger partial charge in [-0.1, -0.05) is 30.7 Å². The number of hydrogen-bond donors (Lipinski definition) is 1. The number of rotatable bonds is 7. The molecule has 0 saturated carbocycles. The Morgan fingerprint density at radius 2 is 1.92 bits per heavy atom. The molecule has 1 aliphatic rings. The third-order valence-corrected chi connectivity index (χ3v) is 4.83. The van der Waals surface area contributed by atoms with Crippen molar-refractivity contribution in [3.63, 3.8) is 0 Å². The molecule has 2 aromatic rings. The first-order valence-corrected chi connectivity index (χ1v) is 9.33. The minimum atomic E-state index is -0.104. The molecule has 5 nitrogen and oxygen atoms in total. The summed E-state index contributed by atoms with van der Waals surface area (Å²) in [6.45, 7) is 3.44. The Morgan fingerprint density at radius 1 is 1.16 bits per heavy atom. The van der Waals surface area contributed by atoms with E-state index in [-0.39, 0.29) is 18.1 Å². The Kier molecular flexibility index (Phi) is 5.74. The van der Waals surface area contributed by atoms with Gasteiger partial charge in [0.05, 0.1) is 11.0 Å². The summed E-state index contributed by atoms with van der Waals surface area (Å²) in [6, 6.07) is 7.68. The first-order valence-electron chi connectivity index (χ1n) is 9.33. The highest BCUT2D eigenvalue weighted by atomic mass is 16.2. The van der Waals surface area contributed by atoms with Crippen LogP contribution in [0, 0.1) is 0 Å². The molecule has 0 unspecified atom stereocenters. The van der Waals surface area contributed by atoms with Crippen molar-refractivity contribution in [3.8, 4) is 0 Å². The smallest absolute Gasteiger partial charge is 0.329 e. The zero-order valence-corrected chi connectivity index (χ0v) is 15.0. The van der Waals surface area contributed by atoms with Gasteiger partial charge in [-0.05, 0) is 50.7 Å². The van der Waals surface area contributed by atoms with Crippen LogP contribution in [0.3, 0.4) is 0 Å². The summed E-state index contributed by atoms with van der Waals surface area (Å²) in [5, 5.41) is 2.96. The van der Waals surface area contributed by atoms with E-state index in [0.717, 1.165) is 36.7 Å². The number of allylic oxidation sites excluding steroid dienone is 1. The number of benzene rings is 1. The van der Waals surface area contributed by atoms with E-state index < -0.39 is 0 Å². The fraction of sp³-hybridized carbons (Fsp3) is 0.500. The van der Waals surface area contributed by atoms with E-state index in [2.05, 4.69) is 11.4 Å². The number of imidazole rings is 1. The molecule has 1 aliphatic carbocycles. The monoisotopic (exact) mass is 341 g/mol. The van der Waals surface area contributed by atoms with E-state index >= 15 is 0 Å². The number of amides is 1. The number of aryl methyl sites for hydroxylation is 1. The van der Waals surface area contributed by atoms with Crippen LogP contribution in [0.1, 0.15) is 45.4 Å². The van der Waals surface area contributed by atoms with Crippen molar-refractivity contribution in [2.24, 2.45) is 0 Å². The molecule has 0 spiro atoms. The van der Waals surface area contributed by atoms with E-state index in [4.69, 9.17) is 0 Å². The summed E-state index contributed by atoms with van der Waals surface area (Å²) >= 11 is 0. The molecule has 25 heavy (non-hydrogen) atoms. The number of nitrogens with zero attached hydrogens (tertiary/aromatic N) is 2. The van der Waals surface area contributed by atoms with Gasteiger partial charge in [0, 0.05) is 13.1 Å². The van der Waals surface area contributed by atoms with Crippen molar-refractivity contribution in [2.45, 2.75) is 58.5 Å². The predicted octanol–water partition coefficient (Wildman–Crippen LogP) is 3.22. The lowest BCUT2D eigenvalue weighted by Gasteiger charge is -2.13. The molecule has 1 N–H and O–H groups in total. The first kappa shape index (κ1) is 17.5. The summed E-state index contributed by atoms with van der Waals surface area (Å²) in [7, 11) is 0. The van der Waals surface area contributed by atoms with Crippen LogP contribution in [0.25, 0.3) is 11.0 Å². The van der Waals surface area contributed by atoms with Crippen LogP contribution in [0.2, 0.25) is 0 Å². The summed E-state index contributed by atoms with van der Waals surface area (Å²) in [4.78, 5) is 25.0. The molecule has 5 heteroatoms. The van der Waals surface area contributed by atoms with Crippen molar-refractivity contribution in [1.82, 2.24) is 14.5 Å². The second-order valence-electron chi connectivity index (χ2n) is 6.72. The van der Waals surface area contributed by atoms with Gasteiger partial charge in [-0.15, -0.1) is 0 Å². The van der Waals surface area contributed by atoms with Gasteiger partial charge in [-0.3, -0.25) is 13.9 Å². The Bertz CT molecular complexity index is 829. The maximum atomic E-state index is 12.7. The van der Waals surface area contributed by atoms with Gasteiger partial charge >= 0.3 is 5.69 Å². The van der Waals surface area contributed by atoms with E-state index in [1.165, 1.54) is 18.4 Å². The maximum Gasteiger partial charge on any atom is 0.329 e. The van der Waals surface area contributed by atoms with Gasteiger partial charge < -0.3 is 5.32 Å². The van der Waals surface area contributed by atoms with Gasteiger partial charge in [-0.25, -0.2) is 4.79 Å². The number of carbonyl (C=O) groups excluding carboxylic acids is 1. The van der Waals surface area contributed by atoms with Crippen LogP contribution in [0.4, 0.5) is 0 Å². The van der Waals surface area contributed by atoms with Crippen molar-refractivity contribution >= 4 is 16.9 Å². The van der Waals surface area contributed by atoms with Crippen LogP contribution < -0.4 is 11.0 Å². The molecule has 0 saturated heterocycles. The predicted molar refractivity (Wildman–Crippen MR) is 101 cm³/mol. The van der Waals surface area contributed by atoms with Crippen molar-refractivity contribution < 1.29 is 4.79 Å². The molecule has 0 radical (unpaired) electrons. The van der Waals surface area contributed by atoms with Crippen LogP contribution in [0.5, 0.6) is 0 Å². The zero-order valence-electron chi connectivity index (χ0n) is 15.0. The number of para-hydroxylation sites is 2. The highest BCUT2D eigenvalue weighted by Crippen LogP contribution is 2.19. The second kappa shape index (κ2) is 8.19. The number of nitrogens with one attached hydrogen (secondary N) is 1. The SMILES string of the molecule is CCCn1c(=O)n(CC(=O)NCCC2=CCCCC2)c2ccccc21. The summed E-state index contributed by atoms with van der Waals surface area (Å²) in [6.07, 6.45) is 8.95. The molecular weight excluding hydrogens is 314 g/mol. The Labute approximate surface area is 148 Å². The summed E-state index contributed by atoms with van der Waals surface area (Å²) < 4.78 is 3.34. The highest BCUT2D eigenvalue weighted by Gasteiger charge is 2.14. The summed E-state index contributed by atoms with van der Waals surface area (Å²) in [5.74, 6) is -0.0992. The van der Waals surface area contributed by atoms with Crippen LogP contribution >= 0.6 is 0 Å². The molecule has 1 aromatic carbocycles. The molecule has 134 valence electrons. The molecule has 0 bridgehead atoms. The van der Waals surface area contributed by atoms with Gasteiger partial charge in [0.25, 0.3) is 0 Å². The minimum absolute atomic E-state index is 0.0785. The Hall–Kier alpha value is -2.30. The molecule has 0 fully saturated rings. The Morgan fingerprint density at radius 3 is 2.60 bits per heavy atom. The third kappa shape index (κ3) is 4.03. The van der Waals surface area contributed by atoms with E-state index in [1.807, 2.05) is 31.2 Å². The number of carbonyl (C=O) groups is 1. The maximum absolute atomic E-state index is 12.7. The standard InChI is InChI=1S/C20H27N3O2/c1-2-14-22-17-10-6-7-11-18(17)23(20(22)25)15-19(24)21-13-12-16-8-4-3-5-9-16/h6-8,10-11H,2-5,9,12-15H2,1H3,(H,21,24). The normalized spacial score (nSPS) is 14.5. The number of aromatic nitrogens is 2. The van der Waals surface area contributed by atoms with Crippen molar-refractivity contribution in [3.05, 3.63) is 46.4 Å². The highest BCUT2D eigenvalue weighted by molar-refractivity contribution is 5.80. The molecule has 1 aromatic heterocycles. The third-order valence-electron chi connectivity index (χ3n) is 4.83. The molecule has 1 amide bonds. The van der Waals surface area contributed by atoms with E-state index in [1.54, 1.807) is 9.13 Å². The quantitative estimate of drug-likeness (QED) is 0.786. The average molecular weight is 341 g/mol. The first-order chi connectivity index (χ1) is 12.2. The Balaban J connectivity index is 1.67. The molecular formula is C20H27N3O2. The van der Waals surface area contributed by atoms with Gasteiger partial charge in [-0.2, -0.15) is 0 Å². The topological polar surface area (TPSA) is 56.0 Å². The van der Waals surface area contributed by atoms with Crippen LogP contribution in [-0.4, -0.2) is 21.6 Å². The van der Waals surface area contributed by atoms with Crippen LogP contribution in [0.15, 0.2) is 40.7 Å². The minimum Gasteiger partial charge on any atom is -0.354 e. The van der Waals surface area contributed by atoms with Gasteiger partial charge in [0.15, 0.2) is 0 Å². The van der Waals surface area contributed by atoms with E-state index in [0.29, 0.717) is 13.1 Å². The molecule has 0 atom stereocenters.